The van der Waals surface area contributed by atoms with Gasteiger partial charge in [-0.2, -0.15) is 13.2 Å². The van der Waals surface area contributed by atoms with E-state index in [1.165, 1.54) is 16.7 Å². The molecule has 123 heavy (non-hydrogen) atoms. The molecule has 0 aromatic heterocycles. The van der Waals surface area contributed by atoms with Crippen molar-refractivity contribution in [3.63, 3.8) is 0 Å². The highest BCUT2D eigenvalue weighted by Gasteiger charge is 2.59. The monoisotopic (exact) mass is 1770 g/mol. The smallest absolute Gasteiger partial charge is 0.493 e. The minimum absolute atomic E-state index is 0.0726. The molecule has 2 amide bonds. The molecule has 3 fully saturated rings. The number of carbonyl (C=O) groups excluding carboxylic acids is 1. The average molecular weight is 1770 g/mol. The Kier molecular flexibility index (Phi) is 34.5. The largest absolute Gasteiger partial charge is 0.523 e. The normalized spacial score (nSPS) is 19.8. The summed E-state index contributed by atoms with van der Waals surface area (Å²) in [4.78, 5) is 17.8. The van der Waals surface area contributed by atoms with Crippen LogP contribution in [0.5, 0.6) is 28.7 Å². The Morgan fingerprint density at radius 1 is 0.667 bits per heavy atom. The van der Waals surface area contributed by atoms with Crippen molar-refractivity contribution in [2.45, 2.75) is 162 Å². The molecule has 7 aromatic rings. The first kappa shape index (κ1) is 102. The van der Waals surface area contributed by atoms with Crippen molar-refractivity contribution in [1.29, 1.82) is 0 Å². The van der Waals surface area contributed by atoms with Gasteiger partial charge in [0.05, 0.1) is 186 Å². The zero-order valence-corrected chi connectivity index (χ0v) is 81.8. The molecular formula is C97H148Cl2N9O14S+7. The SMILES string of the molecule is CC(C)(C)[N+](C)(C)C(C)(O)COc1cccc2ccccc12.CC1(C)CC2(C)COC(C)(CCOCS(=O)(=O)[N+](C)(C)C)OCOCC2(C)O1.C[N+]#CC(CCC[N+](C)(C)CCc1ccc(OC)c(OC)c1)(c1ccc(OC)c(OC)c1)C(C)(C)C.C[N+](=C1NCCN1)c1c(Cl)cccc1Cl.C[N+](C)(C)C(=O)[N+]1(C)c2ccccc2CCc2ccccc21. The zero-order valence-electron chi connectivity index (χ0n) is 79.4. The first-order valence-electron chi connectivity index (χ1n) is 42.5. The maximum absolute atomic E-state index is 13.4. The van der Waals surface area contributed by atoms with E-state index < -0.39 is 27.1 Å². The van der Waals surface area contributed by atoms with E-state index in [4.69, 9.17) is 70.6 Å². The molecule has 678 valence electrons. The minimum Gasteiger partial charge on any atom is -0.493 e. The second-order valence-electron chi connectivity index (χ2n) is 39.1. The zero-order chi connectivity index (χ0) is 91.9. The van der Waals surface area contributed by atoms with Gasteiger partial charge in [0, 0.05) is 53.8 Å². The number of hydrogen-bond acceptors (Lipinski definition) is 14. The van der Waals surface area contributed by atoms with Gasteiger partial charge in [0.15, 0.2) is 52.7 Å². The Hall–Kier alpha value is -7.68. The van der Waals surface area contributed by atoms with Crippen molar-refractivity contribution in [1.82, 2.24) is 15.1 Å². The third kappa shape index (κ3) is 25.2. The molecule has 3 saturated heterocycles. The molecule has 23 nitrogen and oxygen atoms in total. The van der Waals surface area contributed by atoms with Crippen LogP contribution in [-0.2, 0) is 58.4 Å². The van der Waals surface area contributed by atoms with E-state index in [2.05, 4.69) is 178 Å². The predicted molar refractivity (Wildman–Crippen MR) is 499 cm³/mol. The number of rotatable bonds is 23. The number of nitrogens with one attached hydrogen (secondary N) is 2. The number of methoxy groups -OCH3 is 4. The highest BCUT2D eigenvalue weighted by Crippen LogP contribution is 2.53. The van der Waals surface area contributed by atoms with Crippen LogP contribution in [0.15, 0.2) is 146 Å². The molecule has 26 heteroatoms. The lowest BCUT2D eigenvalue weighted by molar-refractivity contribution is -1.00. The predicted octanol–water partition coefficient (Wildman–Crippen LogP) is 17.7. The number of fused-ring (bicyclic) bond motifs is 4. The minimum atomic E-state index is -3.39. The average Bonchev–Trinajstić information content (AvgIpc) is 1.74. The van der Waals surface area contributed by atoms with Gasteiger partial charge in [-0.1, -0.05) is 147 Å². The van der Waals surface area contributed by atoms with Crippen LogP contribution in [0.2, 0.25) is 10.0 Å². The molecule has 0 spiro atoms. The number of sulfonamides is 1. The number of para-hydroxylation sites is 3. The fourth-order valence-electron chi connectivity index (χ4n) is 16.2. The highest BCUT2D eigenvalue weighted by molar-refractivity contribution is 7.85. The number of ether oxygens (including phenoxy) is 10. The molecule has 0 radical (unpaired) electrons. The summed E-state index contributed by atoms with van der Waals surface area (Å²) < 4.78 is 85.4. The second-order valence-corrected chi connectivity index (χ2v) is 42.4. The fraction of sp³-hybridized carbons (Fsp3) is 0.557. The van der Waals surface area contributed by atoms with E-state index in [-0.39, 0.29) is 67.7 Å². The molecule has 0 saturated carbocycles. The summed E-state index contributed by atoms with van der Waals surface area (Å²) in [6.45, 7) is 30.5. The summed E-state index contributed by atoms with van der Waals surface area (Å²) >= 11 is 12.2. The Balaban J connectivity index is 0.000000217. The van der Waals surface area contributed by atoms with Gasteiger partial charge in [-0.25, -0.2) is 12.9 Å². The van der Waals surface area contributed by atoms with Gasteiger partial charge in [-0.15, -0.1) is 4.48 Å². The number of quaternary nitrogens is 5. The Morgan fingerprint density at radius 3 is 1.75 bits per heavy atom. The lowest BCUT2D eigenvalue weighted by atomic mass is 9.61. The van der Waals surface area contributed by atoms with E-state index >= 15 is 0 Å². The number of guanidine groups is 1. The van der Waals surface area contributed by atoms with E-state index in [0.717, 1.165) is 137 Å². The summed E-state index contributed by atoms with van der Waals surface area (Å²) in [6, 6.07) is 52.4. The number of urea groups is 1. The van der Waals surface area contributed by atoms with Gasteiger partial charge in [-0.05, 0) is 145 Å². The van der Waals surface area contributed by atoms with Crippen molar-refractivity contribution in [3.8, 4) is 34.8 Å². The molecule has 11 rings (SSSR count). The topological polar surface area (TPSA) is 195 Å². The van der Waals surface area contributed by atoms with Crippen LogP contribution in [0.3, 0.4) is 0 Å². The van der Waals surface area contributed by atoms with Crippen molar-refractivity contribution >= 4 is 73.1 Å². The molecule has 4 aliphatic heterocycles. The van der Waals surface area contributed by atoms with Crippen molar-refractivity contribution in [2.75, 3.05) is 185 Å². The van der Waals surface area contributed by atoms with Crippen LogP contribution in [0.4, 0.5) is 21.9 Å². The molecule has 3 N–H and O–H groups in total. The summed E-state index contributed by atoms with van der Waals surface area (Å²) in [6.07, 6.45) is 6.12. The molecule has 0 aliphatic carbocycles. The third-order valence-corrected chi connectivity index (χ3v) is 27.9. The number of aliphatic hydroxyl groups is 1. The van der Waals surface area contributed by atoms with Gasteiger partial charge in [-0.3, -0.25) is 15.1 Å². The van der Waals surface area contributed by atoms with E-state index in [0.29, 0.717) is 38.6 Å². The number of nitrogens with zero attached hydrogens (tertiary/aromatic N) is 7. The molecule has 5 unspecified atom stereocenters. The molecule has 5 atom stereocenters. The number of halogens is 2. The molecular weight excluding hydrogens is 1620 g/mol. The number of likely N-dealkylation sites (N-methyl/N-ethyl adjacent to an activating group) is 2. The van der Waals surface area contributed by atoms with Gasteiger partial charge in [0.1, 0.15) is 23.6 Å². The van der Waals surface area contributed by atoms with Crippen LogP contribution in [0.25, 0.3) is 15.6 Å². The number of amides is 2. The second kappa shape index (κ2) is 41.4. The Morgan fingerprint density at radius 2 is 1.20 bits per heavy atom. The van der Waals surface area contributed by atoms with Gasteiger partial charge in [0.25, 0.3) is 13.1 Å². The first-order chi connectivity index (χ1) is 57.1. The Bertz CT molecular complexity index is 4840. The van der Waals surface area contributed by atoms with Crippen molar-refractivity contribution in [3.05, 3.63) is 183 Å². The highest BCUT2D eigenvalue weighted by atomic mass is 35.5. The summed E-state index contributed by atoms with van der Waals surface area (Å²) in [5, 5.41) is 20.9. The third-order valence-electron chi connectivity index (χ3n) is 25.1. The number of benzene rings is 7. The maximum atomic E-state index is 13.4. The first-order valence-corrected chi connectivity index (χ1v) is 44.9. The standard InChI is InChI=1S/C30H46N2O4.C19H24N2O.C19H38NO7S.C19H28NO2.C10H11Cl2N3/c1-29(2,3)30(22-31-4,24-13-15-26(34-8)28(21-24)36-10)17-11-18-32(5,6)19-16-23-12-14-25(33-7)27(20-23)35-9;1-20(2,3)19(22)21(4)17-11-7-5-9-15(17)13-14-16-10-6-8-12-18(16)21;1-16(2)11-17(3)12-25-19(5,26-14-24-13-18(17,4)27-16)9-10-23-15-28(21,22)20(6,7)8;1-18(2,3)20(5,6)19(4,21)14-22-17-13-9-11-15-10-7-8-12-16(15)17;1-15(10-13-5-6-14-10)9-7(11)3-2-4-8(9)12/h12-15,20-21H,11,16-19H2,1-10H3;5-12H,13-14H2,1-4H3;9-15H2,1-8H3;7-13,21H,14H2,1-6H3;2-4H,5-6H2,1H3,(H,13,14)/q2*+2;2*+1;/p+1. The summed E-state index contributed by atoms with van der Waals surface area (Å²) in [5.74, 6) is 3.47. The maximum Gasteiger partial charge on any atom is 0.523 e. The summed E-state index contributed by atoms with van der Waals surface area (Å²) in [5.41, 5.74) is 5.46. The molecule has 4 aliphatic rings. The van der Waals surface area contributed by atoms with Gasteiger partial charge >= 0.3 is 22.0 Å². The molecule has 0 bridgehead atoms. The quantitative estimate of drug-likeness (QED) is 0.0237. The molecule has 4 heterocycles. The van der Waals surface area contributed by atoms with Crippen molar-refractivity contribution in [2.24, 2.45) is 10.8 Å². The number of carbonyl (C=O) groups is 1. The Labute approximate surface area is 746 Å². The van der Waals surface area contributed by atoms with E-state index in [1.807, 2.05) is 148 Å². The summed E-state index contributed by atoms with van der Waals surface area (Å²) in [7, 11) is 28.4. The number of hydrogen-bond donors (Lipinski definition) is 3. The van der Waals surface area contributed by atoms with Crippen LogP contribution in [-0.4, -0.2) is 261 Å². The number of aryl methyl sites for hydroxylation is 2. The lowest BCUT2D eigenvalue weighted by Crippen LogP contribution is -2.68. The van der Waals surface area contributed by atoms with Crippen LogP contribution in [0.1, 0.15) is 131 Å². The van der Waals surface area contributed by atoms with Gasteiger partial charge < -0.3 is 57.0 Å². The van der Waals surface area contributed by atoms with E-state index in [9.17, 15) is 18.3 Å². The fourth-order valence-corrected chi connectivity index (χ4v) is 17.5. The van der Waals surface area contributed by atoms with Crippen LogP contribution in [0, 0.1) is 16.9 Å². The van der Waals surface area contributed by atoms with Gasteiger partial charge in [0.2, 0.25) is 5.72 Å². The molecule has 7 aromatic carbocycles. The lowest BCUT2D eigenvalue weighted by Gasteiger charge is -2.51. The van der Waals surface area contributed by atoms with Crippen LogP contribution >= 0.6 is 23.2 Å². The van der Waals surface area contributed by atoms with E-state index in [1.54, 1.807) is 49.6 Å². The van der Waals surface area contributed by atoms with Crippen LogP contribution < -0.4 is 38.8 Å². The van der Waals surface area contributed by atoms with Crippen molar-refractivity contribution < 1.29 is 87.6 Å².